The van der Waals surface area contributed by atoms with Gasteiger partial charge in [-0.3, -0.25) is 9.79 Å². The van der Waals surface area contributed by atoms with Gasteiger partial charge in [0.1, 0.15) is 0 Å². The summed E-state index contributed by atoms with van der Waals surface area (Å²) in [6.07, 6.45) is 3.63. The quantitative estimate of drug-likeness (QED) is 0.230. The molecule has 132 valence electrons. The first kappa shape index (κ1) is 23.7. The summed E-state index contributed by atoms with van der Waals surface area (Å²) in [5, 5.41) is 9.47. The van der Waals surface area contributed by atoms with Crippen LogP contribution in [0.25, 0.3) is 0 Å². The molecule has 0 aromatic rings. The fourth-order valence-corrected chi connectivity index (χ4v) is 1.90. The highest BCUT2D eigenvalue weighted by Gasteiger charge is 2.07. The van der Waals surface area contributed by atoms with Crippen LogP contribution < -0.4 is 16.0 Å². The molecule has 22 heavy (non-hydrogen) atoms. The molecule has 0 aromatic heterocycles. The van der Waals surface area contributed by atoms with E-state index in [4.69, 9.17) is 0 Å². The van der Waals surface area contributed by atoms with Crippen molar-refractivity contribution in [1.29, 1.82) is 0 Å². The minimum atomic E-state index is 0. The van der Waals surface area contributed by atoms with Crippen LogP contribution in [0.3, 0.4) is 0 Å². The summed E-state index contributed by atoms with van der Waals surface area (Å²) in [5.74, 6) is 1.68. The second-order valence-corrected chi connectivity index (χ2v) is 6.31. The van der Waals surface area contributed by atoms with Crippen molar-refractivity contribution in [3.63, 3.8) is 0 Å². The lowest BCUT2D eigenvalue weighted by molar-refractivity contribution is -0.123. The predicted octanol–water partition coefficient (Wildman–Crippen LogP) is 2.76. The maximum absolute atomic E-state index is 11.4. The van der Waals surface area contributed by atoms with Gasteiger partial charge in [0.25, 0.3) is 0 Å². The third kappa shape index (κ3) is 13.2. The second kappa shape index (κ2) is 14.1. The molecule has 3 N–H and O–H groups in total. The Morgan fingerprint density at radius 2 is 1.59 bits per heavy atom. The highest BCUT2D eigenvalue weighted by Crippen LogP contribution is 2.07. The SMILES string of the molecule is CN=C(NCCNC(=O)C(C)C)NC(C)CCCC(C)C.I. The first-order valence-corrected chi connectivity index (χ1v) is 8.11. The first-order chi connectivity index (χ1) is 9.86. The van der Waals surface area contributed by atoms with Crippen LogP contribution in [0.4, 0.5) is 0 Å². The molecule has 0 radical (unpaired) electrons. The lowest BCUT2D eigenvalue weighted by Gasteiger charge is -2.18. The van der Waals surface area contributed by atoms with Gasteiger partial charge in [0.05, 0.1) is 0 Å². The summed E-state index contributed by atoms with van der Waals surface area (Å²) < 4.78 is 0. The topological polar surface area (TPSA) is 65.5 Å². The van der Waals surface area contributed by atoms with E-state index < -0.39 is 0 Å². The molecule has 0 saturated heterocycles. The summed E-state index contributed by atoms with van der Waals surface area (Å²) in [5.41, 5.74) is 0. The van der Waals surface area contributed by atoms with Gasteiger partial charge in [-0.2, -0.15) is 0 Å². The van der Waals surface area contributed by atoms with Crippen molar-refractivity contribution in [3.05, 3.63) is 0 Å². The minimum absolute atomic E-state index is 0. The molecule has 5 nitrogen and oxygen atoms in total. The molecule has 0 bridgehead atoms. The van der Waals surface area contributed by atoms with Gasteiger partial charge < -0.3 is 16.0 Å². The van der Waals surface area contributed by atoms with Crippen LogP contribution in [-0.2, 0) is 4.79 Å². The number of guanidine groups is 1. The third-order valence-electron chi connectivity index (χ3n) is 3.27. The van der Waals surface area contributed by atoms with Crippen molar-refractivity contribution < 1.29 is 4.79 Å². The molecule has 0 aliphatic heterocycles. The van der Waals surface area contributed by atoms with Crippen molar-refractivity contribution in [3.8, 4) is 0 Å². The number of nitrogens with zero attached hydrogens (tertiary/aromatic N) is 1. The third-order valence-corrected chi connectivity index (χ3v) is 3.27. The standard InChI is InChI=1S/C16H34N4O.HI/c1-12(2)8-7-9-14(5)20-16(17-6)19-11-10-18-15(21)13(3)4;/h12-14H,7-11H2,1-6H3,(H,18,21)(H2,17,19,20);1H. The molecular formula is C16H35IN4O. The van der Waals surface area contributed by atoms with Crippen LogP contribution >= 0.6 is 24.0 Å². The highest BCUT2D eigenvalue weighted by molar-refractivity contribution is 14.0. The Kier molecular flexibility index (Phi) is 15.2. The fourth-order valence-electron chi connectivity index (χ4n) is 1.90. The fraction of sp³-hybridized carbons (Fsp3) is 0.875. The number of rotatable bonds is 9. The molecule has 0 rings (SSSR count). The van der Waals surface area contributed by atoms with Gasteiger partial charge in [-0.25, -0.2) is 0 Å². The van der Waals surface area contributed by atoms with E-state index in [-0.39, 0.29) is 35.8 Å². The van der Waals surface area contributed by atoms with E-state index in [9.17, 15) is 4.79 Å². The van der Waals surface area contributed by atoms with E-state index in [0.29, 0.717) is 19.1 Å². The van der Waals surface area contributed by atoms with Gasteiger partial charge in [-0.15, -0.1) is 24.0 Å². The predicted molar refractivity (Wildman–Crippen MR) is 106 cm³/mol. The van der Waals surface area contributed by atoms with E-state index in [1.165, 1.54) is 12.8 Å². The zero-order chi connectivity index (χ0) is 16.3. The molecule has 0 aliphatic carbocycles. The number of nitrogens with one attached hydrogen (secondary N) is 3. The summed E-state index contributed by atoms with van der Waals surface area (Å²) in [7, 11) is 1.77. The number of hydrogen-bond donors (Lipinski definition) is 3. The smallest absolute Gasteiger partial charge is 0.222 e. The minimum Gasteiger partial charge on any atom is -0.355 e. The summed E-state index contributed by atoms with van der Waals surface area (Å²) in [6.45, 7) is 11.8. The Morgan fingerprint density at radius 1 is 1.00 bits per heavy atom. The monoisotopic (exact) mass is 426 g/mol. The second-order valence-electron chi connectivity index (χ2n) is 6.31. The molecule has 0 fully saturated rings. The zero-order valence-electron chi connectivity index (χ0n) is 15.0. The summed E-state index contributed by atoms with van der Waals surface area (Å²) in [6, 6.07) is 0.403. The van der Waals surface area contributed by atoms with Crippen LogP contribution in [0.15, 0.2) is 4.99 Å². The average Bonchev–Trinajstić information content (AvgIpc) is 2.41. The van der Waals surface area contributed by atoms with Gasteiger partial charge in [-0.1, -0.05) is 40.5 Å². The number of amides is 1. The molecule has 0 aliphatic rings. The number of halogens is 1. The maximum Gasteiger partial charge on any atom is 0.222 e. The number of carbonyl (C=O) groups excluding carboxylic acids is 1. The molecule has 0 heterocycles. The average molecular weight is 426 g/mol. The Bertz CT molecular complexity index is 319. The van der Waals surface area contributed by atoms with Crippen molar-refractivity contribution >= 4 is 35.8 Å². The highest BCUT2D eigenvalue weighted by atomic mass is 127. The molecule has 1 atom stereocenters. The van der Waals surface area contributed by atoms with Crippen LogP contribution in [0.2, 0.25) is 0 Å². The van der Waals surface area contributed by atoms with Crippen LogP contribution in [-0.4, -0.2) is 38.0 Å². The Morgan fingerprint density at radius 3 is 2.09 bits per heavy atom. The van der Waals surface area contributed by atoms with Crippen LogP contribution in [0.5, 0.6) is 0 Å². The van der Waals surface area contributed by atoms with Gasteiger partial charge in [0.15, 0.2) is 5.96 Å². The van der Waals surface area contributed by atoms with Crippen molar-refractivity contribution in [2.24, 2.45) is 16.8 Å². The Balaban J connectivity index is 0. The van der Waals surface area contributed by atoms with Gasteiger partial charge in [0, 0.05) is 32.1 Å². The number of aliphatic imine (C=N–C) groups is 1. The Labute approximate surface area is 153 Å². The zero-order valence-corrected chi connectivity index (χ0v) is 17.4. The van der Waals surface area contributed by atoms with Crippen molar-refractivity contribution in [2.75, 3.05) is 20.1 Å². The van der Waals surface area contributed by atoms with Crippen LogP contribution in [0.1, 0.15) is 53.9 Å². The largest absolute Gasteiger partial charge is 0.355 e. The van der Waals surface area contributed by atoms with Crippen molar-refractivity contribution in [1.82, 2.24) is 16.0 Å². The lowest BCUT2D eigenvalue weighted by Crippen LogP contribution is -2.45. The summed E-state index contributed by atoms with van der Waals surface area (Å²) in [4.78, 5) is 15.6. The van der Waals surface area contributed by atoms with E-state index in [1.807, 2.05) is 13.8 Å². The van der Waals surface area contributed by atoms with E-state index in [0.717, 1.165) is 18.3 Å². The number of hydrogen-bond acceptors (Lipinski definition) is 2. The first-order valence-electron chi connectivity index (χ1n) is 8.11. The summed E-state index contributed by atoms with van der Waals surface area (Å²) >= 11 is 0. The normalized spacial score (nSPS) is 12.8. The van der Waals surface area contributed by atoms with Gasteiger partial charge in [0.2, 0.25) is 5.91 Å². The molecular weight excluding hydrogens is 391 g/mol. The van der Waals surface area contributed by atoms with Gasteiger partial charge >= 0.3 is 0 Å². The number of carbonyl (C=O) groups is 1. The van der Waals surface area contributed by atoms with E-state index >= 15 is 0 Å². The molecule has 0 aromatic carbocycles. The molecule has 1 unspecified atom stereocenters. The van der Waals surface area contributed by atoms with Crippen molar-refractivity contribution in [2.45, 2.75) is 59.9 Å². The molecule has 0 spiro atoms. The molecule has 6 heteroatoms. The van der Waals surface area contributed by atoms with E-state index in [2.05, 4.69) is 41.7 Å². The molecule has 1 amide bonds. The van der Waals surface area contributed by atoms with Crippen LogP contribution in [0, 0.1) is 11.8 Å². The maximum atomic E-state index is 11.4. The lowest BCUT2D eigenvalue weighted by atomic mass is 10.0. The van der Waals surface area contributed by atoms with Gasteiger partial charge in [-0.05, 0) is 19.3 Å². The van der Waals surface area contributed by atoms with E-state index in [1.54, 1.807) is 7.05 Å². The molecule has 0 saturated carbocycles. The Hall–Kier alpha value is -0.530.